The summed E-state index contributed by atoms with van der Waals surface area (Å²) in [6.45, 7) is 5.51. The van der Waals surface area contributed by atoms with Crippen LogP contribution in [0.1, 0.15) is 6.92 Å². The minimum Gasteiger partial charge on any atom is -0.495 e. The van der Waals surface area contributed by atoms with Gasteiger partial charge in [0.1, 0.15) is 11.3 Å². The van der Waals surface area contributed by atoms with Crippen molar-refractivity contribution in [1.29, 1.82) is 0 Å². The molecule has 0 aliphatic rings. The zero-order valence-electron chi connectivity index (χ0n) is 19.2. The van der Waals surface area contributed by atoms with Crippen molar-refractivity contribution in [3.8, 4) is 5.75 Å². The number of rotatable bonds is 9. The highest BCUT2D eigenvalue weighted by atomic mass is 35.5. The van der Waals surface area contributed by atoms with Crippen molar-refractivity contribution in [2.45, 2.75) is 16.9 Å². The van der Waals surface area contributed by atoms with Crippen molar-refractivity contribution < 1.29 is 26.0 Å². The Morgan fingerprint density at radius 1 is 0.889 bits per heavy atom. The number of anilines is 3. The predicted octanol–water partition coefficient (Wildman–Crippen LogP) is 5.64. The molecule has 0 atom stereocenters. The average Bonchev–Trinajstić information content (AvgIpc) is 3.26. The summed E-state index contributed by atoms with van der Waals surface area (Å²) in [6.07, 6.45) is 0. The first-order chi connectivity index (χ1) is 17.0. The molecule has 0 amide bonds. The molecule has 12 heteroatoms. The zero-order valence-corrected chi connectivity index (χ0v) is 21.6. The molecule has 0 radical (unpaired) electrons. The number of hydrogen-bond acceptors (Lipinski definition) is 7. The zero-order chi connectivity index (χ0) is 26.1. The molecule has 3 N–H and O–H groups in total. The number of hydrogen-bond donors (Lipinski definition) is 3. The van der Waals surface area contributed by atoms with Crippen molar-refractivity contribution in [3.05, 3.63) is 84.0 Å². The van der Waals surface area contributed by atoms with E-state index in [0.29, 0.717) is 22.4 Å². The third kappa shape index (κ3) is 5.43. The van der Waals surface area contributed by atoms with Gasteiger partial charge in [0.05, 0.1) is 29.1 Å². The molecule has 0 saturated heterocycles. The van der Waals surface area contributed by atoms with Crippen LogP contribution in [-0.2, 0) is 20.0 Å². The fourth-order valence-electron chi connectivity index (χ4n) is 3.35. The highest BCUT2D eigenvalue weighted by molar-refractivity contribution is 7.93. The first kappa shape index (κ1) is 25.4. The second kappa shape index (κ2) is 9.76. The van der Waals surface area contributed by atoms with E-state index in [1.165, 1.54) is 49.6 Å². The molecule has 0 aliphatic carbocycles. The average molecular weight is 548 g/mol. The van der Waals surface area contributed by atoms with Crippen LogP contribution in [0.5, 0.6) is 5.75 Å². The number of para-hydroxylation sites is 1. The Morgan fingerprint density at radius 3 is 2.28 bits per heavy atom. The number of sulfonamides is 2. The molecular formula is C24H22ClN3O6S2. The number of furan rings is 1. The second-order valence-corrected chi connectivity index (χ2v) is 11.5. The molecular weight excluding hydrogens is 526 g/mol. The van der Waals surface area contributed by atoms with E-state index >= 15 is 0 Å². The molecule has 0 aliphatic heterocycles. The molecule has 0 spiro atoms. The van der Waals surface area contributed by atoms with E-state index in [0.717, 1.165) is 0 Å². The molecule has 0 saturated carbocycles. The van der Waals surface area contributed by atoms with Crippen LogP contribution in [0.4, 0.5) is 17.1 Å². The predicted molar refractivity (Wildman–Crippen MR) is 141 cm³/mol. The van der Waals surface area contributed by atoms with Gasteiger partial charge in [0.25, 0.3) is 20.0 Å². The van der Waals surface area contributed by atoms with Crippen LogP contribution in [0.15, 0.2) is 93.4 Å². The van der Waals surface area contributed by atoms with Crippen LogP contribution >= 0.6 is 11.6 Å². The highest BCUT2D eigenvalue weighted by Crippen LogP contribution is 2.33. The van der Waals surface area contributed by atoms with Crippen LogP contribution in [0, 0.1) is 0 Å². The Bertz CT molecular complexity index is 1650. The van der Waals surface area contributed by atoms with Crippen LogP contribution in [0.3, 0.4) is 0 Å². The normalized spacial score (nSPS) is 11.8. The molecule has 1 heterocycles. The number of allylic oxidation sites excluding steroid dienone is 1. The van der Waals surface area contributed by atoms with Crippen LogP contribution in [-0.4, -0.2) is 23.9 Å². The van der Waals surface area contributed by atoms with Crippen molar-refractivity contribution >= 4 is 59.7 Å². The molecule has 0 unspecified atom stereocenters. The number of ether oxygens (including phenoxy) is 1. The van der Waals surface area contributed by atoms with Gasteiger partial charge in [-0.3, -0.25) is 9.44 Å². The van der Waals surface area contributed by atoms with Gasteiger partial charge in [0.15, 0.2) is 0 Å². The number of nitrogens with one attached hydrogen (secondary N) is 3. The summed E-state index contributed by atoms with van der Waals surface area (Å²) < 4.78 is 67.9. The lowest BCUT2D eigenvalue weighted by molar-refractivity contribution is 0.415. The van der Waals surface area contributed by atoms with Gasteiger partial charge in [-0.05, 0) is 43.3 Å². The quantitative estimate of drug-likeness (QED) is 0.247. The number of fused-ring (bicyclic) bond motifs is 1. The van der Waals surface area contributed by atoms with Gasteiger partial charge in [-0.15, -0.1) is 0 Å². The lowest BCUT2D eigenvalue weighted by Crippen LogP contribution is -2.17. The smallest absolute Gasteiger partial charge is 0.295 e. The van der Waals surface area contributed by atoms with Crippen molar-refractivity contribution in [2.24, 2.45) is 0 Å². The maximum Gasteiger partial charge on any atom is 0.295 e. The van der Waals surface area contributed by atoms with E-state index in [4.69, 9.17) is 20.8 Å². The Kier molecular flexibility index (Phi) is 6.90. The largest absolute Gasteiger partial charge is 0.495 e. The first-order valence-electron chi connectivity index (χ1n) is 10.4. The lowest BCUT2D eigenvalue weighted by Gasteiger charge is -2.16. The third-order valence-corrected chi connectivity index (χ3v) is 7.79. The fourth-order valence-corrected chi connectivity index (χ4v) is 5.66. The third-order valence-electron chi connectivity index (χ3n) is 4.97. The van der Waals surface area contributed by atoms with Gasteiger partial charge in [-0.1, -0.05) is 36.4 Å². The monoisotopic (exact) mass is 547 g/mol. The number of benzene rings is 3. The van der Waals surface area contributed by atoms with E-state index in [9.17, 15) is 16.8 Å². The second-order valence-electron chi connectivity index (χ2n) is 7.77. The van der Waals surface area contributed by atoms with Gasteiger partial charge in [-0.25, -0.2) is 8.42 Å². The lowest BCUT2D eigenvalue weighted by atomic mass is 10.3. The van der Waals surface area contributed by atoms with Crippen molar-refractivity contribution in [3.63, 3.8) is 0 Å². The van der Waals surface area contributed by atoms with Crippen LogP contribution in [0.25, 0.3) is 11.0 Å². The molecule has 0 bridgehead atoms. The maximum absolute atomic E-state index is 13.2. The Labute approximate surface area is 213 Å². The van der Waals surface area contributed by atoms with E-state index in [1.54, 1.807) is 31.2 Å². The van der Waals surface area contributed by atoms with Gasteiger partial charge >= 0.3 is 0 Å². The summed E-state index contributed by atoms with van der Waals surface area (Å²) in [7, 11) is -6.95. The summed E-state index contributed by atoms with van der Waals surface area (Å²) in [5.74, 6) is 0.280. The minimum atomic E-state index is -4.21. The van der Waals surface area contributed by atoms with Crippen LogP contribution < -0.4 is 19.5 Å². The SMILES string of the molecule is C=C(C)Nc1ccc(S(=O)(=O)Nc2ccc(Cl)cc2NS(=O)(=O)c2cc3ccccc3o2)cc1OC. The molecule has 3 aromatic carbocycles. The summed E-state index contributed by atoms with van der Waals surface area (Å²) in [5.41, 5.74) is 1.45. The van der Waals surface area contributed by atoms with E-state index in [2.05, 4.69) is 21.3 Å². The number of methoxy groups -OCH3 is 1. The standard InChI is InChI=1S/C24H22ClN3O6S2/c1-15(2)26-20-11-9-18(14-23(20)33-3)35(29,30)27-19-10-8-17(25)13-21(19)28-36(31,32)24-12-16-6-4-5-7-22(16)34-24/h4-14,26-28H,1H2,2-3H3. The molecule has 36 heavy (non-hydrogen) atoms. The van der Waals surface area contributed by atoms with E-state index in [-0.39, 0.29) is 32.1 Å². The van der Waals surface area contributed by atoms with Crippen LogP contribution in [0.2, 0.25) is 5.02 Å². The van der Waals surface area contributed by atoms with Gasteiger partial charge in [-0.2, -0.15) is 8.42 Å². The topological polar surface area (TPSA) is 127 Å². The fraction of sp³-hybridized carbons (Fsp3) is 0.0833. The van der Waals surface area contributed by atoms with E-state index < -0.39 is 20.0 Å². The van der Waals surface area contributed by atoms with Gasteiger partial charge in [0.2, 0.25) is 5.09 Å². The highest BCUT2D eigenvalue weighted by Gasteiger charge is 2.24. The summed E-state index contributed by atoms with van der Waals surface area (Å²) >= 11 is 6.08. The minimum absolute atomic E-state index is 0.0396. The molecule has 4 rings (SSSR count). The molecule has 188 valence electrons. The summed E-state index contributed by atoms with van der Waals surface area (Å²) in [6, 6.07) is 16.5. The Morgan fingerprint density at radius 2 is 1.58 bits per heavy atom. The van der Waals surface area contributed by atoms with Crippen molar-refractivity contribution in [1.82, 2.24) is 0 Å². The van der Waals surface area contributed by atoms with Gasteiger partial charge in [0, 0.05) is 28.2 Å². The number of halogens is 1. The molecule has 4 aromatic rings. The summed E-state index contributed by atoms with van der Waals surface area (Å²) in [5, 5.41) is 3.45. The molecule has 1 aromatic heterocycles. The molecule has 0 fully saturated rings. The maximum atomic E-state index is 13.2. The van der Waals surface area contributed by atoms with Gasteiger partial charge < -0.3 is 14.5 Å². The Balaban J connectivity index is 1.67. The first-order valence-corrected chi connectivity index (χ1v) is 13.8. The summed E-state index contributed by atoms with van der Waals surface area (Å²) in [4.78, 5) is -0.104. The van der Waals surface area contributed by atoms with Crippen molar-refractivity contribution in [2.75, 3.05) is 21.9 Å². The molecule has 9 nitrogen and oxygen atoms in total. The van der Waals surface area contributed by atoms with E-state index in [1.807, 2.05) is 0 Å². The Hall–Kier alpha value is -3.67.